The average molecular weight is 754 g/mol. The van der Waals surface area contributed by atoms with Crippen LogP contribution in [0.15, 0.2) is 0 Å². The molecule has 314 valence electrons. The molecule has 0 aromatic carbocycles. The van der Waals surface area contributed by atoms with Gasteiger partial charge in [0.25, 0.3) is 0 Å². The number of carbonyl (C=O) groups excluding carboxylic acids is 3. The van der Waals surface area contributed by atoms with Crippen molar-refractivity contribution >= 4 is 18.1 Å². The van der Waals surface area contributed by atoms with Crippen molar-refractivity contribution in [1.29, 1.82) is 0 Å². The molecule has 0 saturated heterocycles. The monoisotopic (exact) mass is 754 g/mol. The van der Waals surface area contributed by atoms with E-state index in [0.717, 1.165) is 77.4 Å². The Morgan fingerprint density at radius 2 is 0.906 bits per heavy atom. The van der Waals surface area contributed by atoms with Gasteiger partial charge in [-0.3, -0.25) is 9.59 Å². The fourth-order valence-corrected chi connectivity index (χ4v) is 6.94. The Hall–Kier alpha value is -1.83. The molecule has 53 heavy (non-hydrogen) atoms. The molecular weight excluding hydrogens is 666 g/mol. The van der Waals surface area contributed by atoms with Crippen LogP contribution in [0.3, 0.4) is 0 Å². The lowest BCUT2D eigenvalue weighted by atomic mass is 9.94. The summed E-state index contributed by atoms with van der Waals surface area (Å²) in [5.74, 6) is -0.106. The van der Waals surface area contributed by atoms with Crippen LogP contribution in [0.2, 0.25) is 0 Å². The van der Waals surface area contributed by atoms with Gasteiger partial charge in [0.05, 0.1) is 32.3 Å². The average Bonchev–Trinajstić information content (AvgIpc) is 3.16. The Morgan fingerprint density at radius 1 is 0.453 bits per heavy atom. The molecule has 0 rings (SSSR count). The molecule has 0 N–H and O–H groups in total. The van der Waals surface area contributed by atoms with Crippen LogP contribution in [-0.2, 0) is 28.5 Å². The lowest BCUT2D eigenvalue weighted by Crippen LogP contribution is -2.25. The molecule has 0 aliphatic carbocycles. The Bertz CT molecular complexity index is 803. The molecule has 0 aliphatic rings. The maximum atomic E-state index is 13.2. The van der Waals surface area contributed by atoms with E-state index < -0.39 is 6.16 Å². The van der Waals surface area contributed by atoms with E-state index in [4.69, 9.17) is 18.9 Å². The van der Waals surface area contributed by atoms with Crippen LogP contribution in [0.5, 0.6) is 0 Å². The van der Waals surface area contributed by atoms with Gasteiger partial charge in [-0.25, -0.2) is 4.79 Å². The van der Waals surface area contributed by atoms with Crippen molar-refractivity contribution in [3.8, 4) is 0 Å². The van der Waals surface area contributed by atoms with Crippen LogP contribution in [0, 0.1) is 11.8 Å². The minimum Gasteiger partial charge on any atom is -0.466 e. The number of nitrogens with zero attached hydrogens (tertiary/aromatic N) is 1. The molecule has 0 heterocycles. The first-order valence-electron chi connectivity index (χ1n) is 22.8. The summed E-state index contributed by atoms with van der Waals surface area (Å²) < 4.78 is 22.3. The summed E-state index contributed by atoms with van der Waals surface area (Å²) in [7, 11) is 0. The van der Waals surface area contributed by atoms with Crippen LogP contribution >= 0.6 is 0 Å². The molecule has 0 fully saturated rings. The van der Waals surface area contributed by atoms with Crippen molar-refractivity contribution in [3.05, 3.63) is 0 Å². The molecule has 1 unspecified atom stereocenters. The summed E-state index contributed by atoms with van der Waals surface area (Å²) in [6.45, 7) is 15.1. The Morgan fingerprint density at radius 3 is 1.42 bits per heavy atom. The maximum Gasteiger partial charge on any atom is 0.508 e. The SMILES string of the molecule is CCCCCCCCCCC(=O)OCCCC(CCCOC(=O)C(CCCCCCCC)CCCCCCCC)COC(=O)OCCCN(CC)CC. The Balaban J connectivity index is 4.80. The van der Waals surface area contributed by atoms with Gasteiger partial charge in [-0.15, -0.1) is 0 Å². The fraction of sp³-hybridized carbons (Fsp3) is 0.933. The third-order valence-electron chi connectivity index (χ3n) is 10.6. The summed E-state index contributed by atoms with van der Waals surface area (Å²) >= 11 is 0. The van der Waals surface area contributed by atoms with Crippen molar-refractivity contribution in [3.63, 3.8) is 0 Å². The third-order valence-corrected chi connectivity index (χ3v) is 10.6. The van der Waals surface area contributed by atoms with Crippen LogP contribution in [-0.4, -0.2) is 69.1 Å². The lowest BCUT2D eigenvalue weighted by Gasteiger charge is -2.19. The molecule has 0 aromatic rings. The molecule has 0 aromatic heterocycles. The summed E-state index contributed by atoms with van der Waals surface area (Å²) in [4.78, 5) is 40.2. The minimum absolute atomic E-state index is 0.0107. The first-order valence-corrected chi connectivity index (χ1v) is 22.8. The van der Waals surface area contributed by atoms with E-state index in [-0.39, 0.29) is 30.4 Å². The van der Waals surface area contributed by atoms with Gasteiger partial charge in [-0.1, -0.05) is 157 Å². The van der Waals surface area contributed by atoms with Gasteiger partial charge >= 0.3 is 18.1 Å². The molecular formula is C45H87NO7. The van der Waals surface area contributed by atoms with Gasteiger partial charge in [0, 0.05) is 13.0 Å². The van der Waals surface area contributed by atoms with Crippen molar-refractivity contribution in [1.82, 2.24) is 4.90 Å². The Labute approximate surface area is 327 Å². The van der Waals surface area contributed by atoms with E-state index in [1.165, 1.54) is 103 Å². The summed E-state index contributed by atoms with van der Waals surface area (Å²) in [6, 6.07) is 0. The van der Waals surface area contributed by atoms with Gasteiger partial charge < -0.3 is 23.8 Å². The van der Waals surface area contributed by atoms with E-state index in [2.05, 4.69) is 39.5 Å². The first kappa shape index (κ1) is 51.2. The third kappa shape index (κ3) is 34.4. The standard InChI is InChI=1S/C45H87NO7/c1-6-11-14-17-20-21-24-27-35-43(47)50-37-28-31-41(40-53-45(49)52-39-30-36-46(9-4)10-5)32-29-38-51-44(48)42(33-25-22-18-15-12-7-2)34-26-23-19-16-13-8-3/h41-42H,6-40H2,1-5H3. The maximum absolute atomic E-state index is 13.2. The zero-order chi connectivity index (χ0) is 39.0. The first-order chi connectivity index (χ1) is 25.9. The van der Waals surface area contributed by atoms with Crippen molar-refractivity contribution in [2.24, 2.45) is 11.8 Å². The summed E-state index contributed by atoms with van der Waals surface area (Å²) in [6.07, 6.45) is 29.7. The molecule has 1 atom stereocenters. The van der Waals surface area contributed by atoms with Gasteiger partial charge in [0.1, 0.15) is 0 Å². The largest absolute Gasteiger partial charge is 0.508 e. The second kappa shape index (κ2) is 39.9. The van der Waals surface area contributed by atoms with Gasteiger partial charge in [-0.05, 0) is 70.4 Å². The van der Waals surface area contributed by atoms with Crippen LogP contribution in [0.25, 0.3) is 0 Å². The molecule has 8 heteroatoms. The van der Waals surface area contributed by atoms with Crippen LogP contribution in [0.4, 0.5) is 4.79 Å². The van der Waals surface area contributed by atoms with Crippen molar-refractivity contribution < 1.29 is 33.3 Å². The summed E-state index contributed by atoms with van der Waals surface area (Å²) in [5, 5.41) is 0. The fourth-order valence-electron chi connectivity index (χ4n) is 6.94. The Kier molecular flexibility index (Phi) is 38.5. The predicted octanol–water partition coefficient (Wildman–Crippen LogP) is 12.8. The number of hydrogen-bond acceptors (Lipinski definition) is 8. The molecule has 8 nitrogen and oxygen atoms in total. The highest BCUT2D eigenvalue weighted by atomic mass is 16.7. The highest BCUT2D eigenvalue weighted by molar-refractivity contribution is 5.72. The van der Waals surface area contributed by atoms with Crippen molar-refractivity contribution in [2.45, 2.75) is 214 Å². The van der Waals surface area contributed by atoms with E-state index in [1.54, 1.807) is 0 Å². The minimum atomic E-state index is -0.634. The number of hydrogen-bond donors (Lipinski definition) is 0. The van der Waals surface area contributed by atoms with E-state index >= 15 is 0 Å². The molecule has 0 amide bonds. The second-order valence-corrected chi connectivity index (χ2v) is 15.4. The topological polar surface area (TPSA) is 91.4 Å². The molecule has 0 bridgehead atoms. The van der Waals surface area contributed by atoms with Crippen LogP contribution in [0.1, 0.15) is 214 Å². The van der Waals surface area contributed by atoms with Crippen molar-refractivity contribution in [2.75, 3.05) is 46.1 Å². The number of carbonyl (C=O) groups is 3. The van der Waals surface area contributed by atoms with Gasteiger partial charge in [0.15, 0.2) is 0 Å². The highest BCUT2D eigenvalue weighted by Gasteiger charge is 2.20. The second-order valence-electron chi connectivity index (χ2n) is 15.4. The quantitative estimate of drug-likeness (QED) is 0.0347. The zero-order valence-corrected chi connectivity index (χ0v) is 35.7. The number of unbranched alkanes of at least 4 members (excludes halogenated alkanes) is 17. The molecule has 0 saturated carbocycles. The highest BCUT2D eigenvalue weighted by Crippen LogP contribution is 2.22. The molecule has 0 aliphatic heterocycles. The van der Waals surface area contributed by atoms with Crippen LogP contribution < -0.4 is 0 Å². The van der Waals surface area contributed by atoms with E-state index in [9.17, 15) is 14.4 Å². The smallest absolute Gasteiger partial charge is 0.466 e. The van der Waals surface area contributed by atoms with E-state index in [0.29, 0.717) is 39.1 Å². The predicted molar refractivity (Wildman–Crippen MR) is 220 cm³/mol. The number of ether oxygens (including phenoxy) is 4. The molecule has 0 radical (unpaired) electrons. The van der Waals surface area contributed by atoms with Gasteiger partial charge in [-0.2, -0.15) is 0 Å². The van der Waals surface area contributed by atoms with E-state index in [1.807, 2.05) is 0 Å². The van der Waals surface area contributed by atoms with Gasteiger partial charge in [0.2, 0.25) is 0 Å². The summed E-state index contributed by atoms with van der Waals surface area (Å²) in [5.41, 5.74) is 0. The molecule has 0 spiro atoms. The number of rotatable bonds is 40. The lowest BCUT2D eigenvalue weighted by molar-refractivity contribution is -0.149. The number of esters is 2. The normalized spacial score (nSPS) is 12.0. The zero-order valence-electron chi connectivity index (χ0n) is 35.7.